The summed E-state index contributed by atoms with van der Waals surface area (Å²) >= 11 is 0. The lowest BCUT2D eigenvalue weighted by Crippen LogP contribution is -2.27. The zero-order valence-electron chi connectivity index (χ0n) is 18.4. The molecule has 32 heavy (non-hydrogen) atoms. The summed E-state index contributed by atoms with van der Waals surface area (Å²) in [5, 5.41) is 2.78. The zero-order valence-corrected chi connectivity index (χ0v) is 19.2. The first kappa shape index (κ1) is 23.7. The first-order valence-electron chi connectivity index (χ1n) is 10.7. The third kappa shape index (κ3) is 6.29. The molecule has 0 radical (unpaired) electrons. The Morgan fingerprint density at radius 2 is 1.69 bits per heavy atom. The molecule has 1 amide bonds. The van der Waals surface area contributed by atoms with Gasteiger partial charge in [0.15, 0.2) is 32.8 Å². The van der Waals surface area contributed by atoms with E-state index in [9.17, 15) is 13.2 Å². The summed E-state index contributed by atoms with van der Waals surface area (Å²) in [5.41, 5.74) is 0.987. The van der Waals surface area contributed by atoms with Gasteiger partial charge in [-0.15, -0.1) is 0 Å². The monoisotopic (exact) mass is 463 g/mol. The minimum absolute atomic E-state index is 0.118. The molecule has 0 saturated carbocycles. The smallest absolute Gasteiger partial charge is 0.221 e. The van der Waals surface area contributed by atoms with Crippen molar-refractivity contribution in [2.75, 3.05) is 38.7 Å². The Morgan fingerprint density at radius 1 is 0.969 bits per heavy atom. The van der Waals surface area contributed by atoms with Crippen LogP contribution in [-0.2, 0) is 21.1 Å². The predicted octanol–water partition coefficient (Wildman–Crippen LogP) is 2.78. The van der Waals surface area contributed by atoms with E-state index in [1.54, 1.807) is 6.07 Å². The molecular weight excluding hydrogens is 434 g/mol. The van der Waals surface area contributed by atoms with E-state index < -0.39 is 9.84 Å². The third-order valence-corrected chi connectivity index (χ3v) is 6.53. The maximum atomic E-state index is 12.6. The van der Waals surface area contributed by atoms with Crippen molar-refractivity contribution in [3.05, 3.63) is 42.0 Å². The van der Waals surface area contributed by atoms with E-state index in [1.807, 2.05) is 32.0 Å². The van der Waals surface area contributed by atoms with Crippen LogP contribution in [0.25, 0.3) is 0 Å². The van der Waals surface area contributed by atoms with Crippen LogP contribution < -0.4 is 24.3 Å². The number of rotatable bonds is 11. The second-order valence-corrected chi connectivity index (χ2v) is 9.23. The van der Waals surface area contributed by atoms with E-state index in [0.29, 0.717) is 62.4 Å². The minimum atomic E-state index is -3.62. The van der Waals surface area contributed by atoms with Crippen molar-refractivity contribution in [3.63, 3.8) is 0 Å². The van der Waals surface area contributed by atoms with Crippen LogP contribution in [0.3, 0.4) is 0 Å². The van der Waals surface area contributed by atoms with Crippen LogP contribution in [0.1, 0.15) is 25.8 Å². The number of fused-ring (bicyclic) bond motifs is 1. The summed E-state index contributed by atoms with van der Waals surface area (Å²) in [6.07, 6.45) is 0.470. The van der Waals surface area contributed by atoms with Crippen molar-refractivity contribution in [1.29, 1.82) is 0 Å². The van der Waals surface area contributed by atoms with E-state index >= 15 is 0 Å². The molecule has 3 rings (SSSR count). The zero-order chi connectivity index (χ0) is 23.0. The molecule has 0 fully saturated rings. The Kier molecular flexibility index (Phi) is 8.21. The summed E-state index contributed by atoms with van der Waals surface area (Å²) < 4.78 is 47.2. The highest BCUT2D eigenvalue weighted by Gasteiger charge is 2.20. The first-order valence-corrected chi connectivity index (χ1v) is 12.4. The van der Waals surface area contributed by atoms with Gasteiger partial charge in [-0.2, -0.15) is 0 Å². The molecule has 0 saturated heterocycles. The molecule has 174 valence electrons. The van der Waals surface area contributed by atoms with Crippen LogP contribution in [0.2, 0.25) is 0 Å². The van der Waals surface area contributed by atoms with Crippen molar-refractivity contribution in [3.8, 4) is 23.0 Å². The van der Waals surface area contributed by atoms with Gasteiger partial charge in [0.2, 0.25) is 5.91 Å². The minimum Gasteiger partial charge on any atom is -0.490 e. The van der Waals surface area contributed by atoms with Gasteiger partial charge in [-0.3, -0.25) is 4.79 Å². The molecule has 9 heteroatoms. The van der Waals surface area contributed by atoms with Crippen molar-refractivity contribution in [1.82, 2.24) is 5.32 Å². The van der Waals surface area contributed by atoms with Gasteiger partial charge in [0.05, 0.1) is 23.9 Å². The van der Waals surface area contributed by atoms with Gasteiger partial charge in [0.25, 0.3) is 0 Å². The van der Waals surface area contributed by atoms with Crippen molar-refractivity contribution in [2.45, 2.75) is 31.6 Å². The van der Waals surface area contributed by atoms with Crippen molar-refractivity contribution >= 4 is 15.7 Å². The quantitative estimate of drug-likeness (QED) is 0.547. The summed E-state index contributed by atoms with van der Waals surface area (Å²) in [6.45, 7) is 6.09. The molecule has 0 aromatic heterocycles. The molecule has 1 heterocycles. The van der Waals surface area contributed by atoms with Crippen molar-refractivity contribution < 1.29 is 32.2 Å². The molecule has 0 bridgehead atoms. The van der Waals surface area contributed by atoms with Crippen molar-refractivity contribution in [2.24, 2.45) is 0 Å². The average Bonchev–Trinajstić information content (AvgIpc) is 2.79. The van der Waals surface area contributed by atoms with Gasteiger partial charge in [0.1, 0.15) is 13.2 Å². The lowest BCUT2D eigenvalue weighted by Gasteiger charge is -2.18. The number of carbonyl (C=O) groups excluding carboxylic acids is 1. The molecule has 2 aromatic carbocycles. The van der Waals surface area contributed by atoms with Gasteiger partial charge in [0, 0.05) is 19.0 Å². The topological polar surface area (TPSA) is 100 Å². The SMILES string of the molecule is CCOc1ccc(CCNC(=O)CCS(=O)(=O)c2ccc3c(c2)OCCO3)cc1OCC. The van der Waals surface area contributed by atoms with Crippen LogP contribution >= 0.6 is 0 Å². The second-order valence-electron chi connectivity index (χ2n) is 7.12. The number of carbonyl (C=O) groups is 1. The Balaban J connectivity index is 1.49. The van der Waals surface area contributed by atoms with Gasteiger partial charge in [-0.05, 0) is 50.1 Å². The number of ether oxygens (including phenoxy) is 4. The second kappa shape index (κ2) is 11.1. The highest BCUT2D eigenvalue weighted by atomic mass is 32.2. The number of hydrogen-bond acceptors (Lipinski definition) is 7. The normalized spacial score (nSPS) is 12.8. The van der Waals surface area contributed by atoms with E-state index in [0.717, 1.165) is 5.56 Å². The lowest BCUT2D eigenvalue weighted by molar-refractivity contribution is -0.120. The fourth-order valence-electron chi connectivity index (χ4n) is 3.25. The molecule has 1 aliphatic rings. The van der Waals surface area contributed by atoms with Gasteiger partial charge >= 0.3 is 0 Å². The number of benzene rings is 2. The standard InChI is InChI=1S/C23H29NO7S/c1-3-28-19-7-5-17(15-21(19)29-4-2)9-11-24-23(25)10-14-32(26,27)18-6-8-20-22(16-18)31-13-12-30-20/h5-8,15-16H,3-4,9-14H2,1-2H3,(H,24,25). The molecule has 0 unspecified atom stereocenters. The predicted molar refractivity (Wildman–Crippen MR) is 120 cm³/mol. The molecular formula is C23H29NO7S. The van der Waals surface area contributed by atoms with E-state index in [1.165, 1.54) is 12.1 Å². The molecule has 1 aliphatic heterocycles. The highest BCUT2D eigenvalue weighted by molar-refractivity contribution is 7.91. The van der Waals surface area contributed by atoms with Crippen LogP contribution in [-0.4, -0.2) is 53.1 Å². The maximum absolute atomic E-state index is 12.6. The lowest BCUT2D eigenvalue weighted by atomic mass is 10.1. The first-order chi connectivity index (χ1) is 15.4. The largest absolute Gasteiger partial charge is 0.490 e. The van der Waals surface area contributed by atoms with Crippen LogP contribution in [0.4, 0.5) is 0 Å². The molecule has 0 aliphatic carbocycles. The number of nitrogens with one attached hydrogen (secondary N) is 1. The molecule has 8 nitrogen and oxygen atoms in total. The summed E-state index contributed by atoms with van der Waals surface area (Å²) in [5.74, 6) is 1.69. The third-order valence-electron chi connectivity index (χ3n) is 4.81. The summed E-state index contributed by atoms with van der Waals surface area (Å²) in [4.78, 5) is 12.3. The summed E-state index contributed by atoms with van der Waals surface area (Å²) in [7, 11) is -3.62. The number of hydrogen-bond donors (Lipinski definition) is 1. The molecule has 0 spiro atoms. The molecule has 2 aromatic rings. The van der Waals surface area contributed by atoms with Crippen LogP contribution in [0.5, 0.6) is 23.0 Å². The van der Waals surface area contributed by atoms with Crippen LogP contribution in [0.15, 0.2) is 41.3 Å². The van der Waals surface area contributed by atoms with E-state index in [-0.39, 0.29) is 23.0 Å². The van der Waals surface area contributed by atoms with E-state index in [2.05, 4.69) is 5.32 Å². The fraction of sp³-hybridized carbons (Fsp3) is 0.435. The number of amides is 1. The van der Waals surface area contributed by atoms with Gasteiger partial charge in [-0.1, -0.05) is 6.07 Å². The van der Waals surface area contributed by atoms with E-state index in [4.69, 9.17) is 18.9 Å². The van der Waals surface area contributed by atoms with Crippen LogP contribution in [0, 0.1) is 0 Å². The Labute approximate surface area is 188 Å². The fourth-order valence-corrected chi connectivity index (χ4v) is 4.50. The Morgan fingerprint density at radius 3 is 2.44 bits per heavy atom. The molecule has 0 atom stereocenters. The maximum Gasteiger partial charge on any atom is 0.221 e. The number of sulfone groups is 1. The molecule has 1 N–H and O–H groups in total. The summed E-state index contributed by atoms with van der Waals surface area (Å²) in [6, 6.07) is 10.2. The van der Waals surface area contributed by atoms with Gasteiger partial charge < -0.3 is 24.3 Å². The Hall–Kier alpha value is -2.94. The van der Waals surface area contributed by atoms with Gasteiger partial charge in [-0.25, -0.2) is 8.42 Å². The average molecular weight is 464 g/mol. The highest BCUT2D eigenvalue weighted by Crippen LogP contribution is 2.32. The Bertz CT molecular complexity index is 1040.